The smallest absolute Gasteiger partial charge is 0.242 e. The quantitative estimate of drug-likeness (QED) is 0.246. The van der Waals surface area contributed by atoms with Crippen LogP contribution in [-0.2, 0) is 9.59 Å². The van der Waals surface area contributed by atoms with Gasteiger partial charge in [-0.25, -0.2) is 4.99 Å². The van der Waals surface area contributed by atoms with Crippen LogP contribution in [0.1, 0.15) is 38.5 Å². The van der Waals surface area contributed by atoms with Gasteiger partial charge in [-0.1, -0.05) is 90.1 Å². The molecule has 2 amide bonds. The highest BCUT2D eigenvalue weighted by Crippen LogP contribution is 2.35. The Balaban J connectivity index is 1.23. The summed E-state index contributed by atoms with van der Waals surface area (Å²) in [5.74, 6) is -0.207. The lowest BCUT2D eigenvalue weighted by Crippen LogP contribution is -2.34. The van der Waals surface area contributed by atoms with E-state index < -0.39 is 5.25 Å². The lowest BCUT2D eigenvalue weighted by atomic mass is 9.97. The SMILES string of the molecule is O=C(C[C@@H]1SC(=Nc2cccc3ccccc23)N(CCC2=CCCCC2)C1=O)Nc1ccc2ccccc2c1. The first-order chi connectivity index (χ1) is 19.1. The molecule has 0 spiro atoms. The second-order valence-corrected chi connectivity index (χ2v) is 11.3. The third-order valence-corrected chi connectivity index (χ3v) is 8.62. The van der Waals surface area contributed by atoms with E-state index in [9.17, 15) is 9.59 Å². The molecule has 39 heavy (non-hydrogen) atoms. The lowest BCUT2D eigenvalue weighted by molar-refractivity contribution is -0.128. The maximum atomic E-state index is 13.6. The molecule has 1 saturated heterocycles. The summed E-state index contributed by atoms with van der Waals surface area (Å²) in [6.45, 7) is 0.587. The van der Waals surface area contributed by atoms with Gasteiger partial charge in [0.1, 0.15) is 5.25 Å². The van der Waals surface area contributed by atoms with Crippen molar-refractivity contribution >= 4 is 61.7 Å². The molecule has 1 aliphatic carbocycles. The van der Waals surface area contributed by atoms with Gasteiger partial charge < -0.3 is 5.32 Å². The predicted octanol–water partition coefficient (Wildman–Crippen LogP) is 7.84. The van der Waals surface area contributed by atoms with E-state index in [4.69, 9.17) is 4.99 Å². The van der Waals surface area contributed by atoms with Crippen LogP contribution >= 0.6 is 11.8 Å². The summed E-state index contributed by atoms with van der Waals surface area (Å²) < 4.78 is 0. The monoisotopic (exact) mass is 533 g/mol. The highest BCUT2D eigenvalue weighted by Gasteiger charge is 2.39. The number of anilines is 1. The first-order valence-electron chi connectivity index (χ1n) is 13.6. The Bertz CT molecular complexity index is 1600. The molecule has 5 nitrogen and oxygen atoms in total. The van der Waals surface area contributed by atoms with Gasteiger partial charge in [0.05, 0.1) is 5.69 Å². The van der Waals surface area contributed by atoms with Crippen LogP contribution in [0.15, 0.2) is 102 Å². The second-order valence-electron chi connectivity index (χ2n) is 10.2. The number of allylic oxidation sites excluding steroid dienone is 1. The van der Waals surface area contributed by atoms with Gasteiger partial charge in [-0.3, -0.25) is 14.5 Å². The maximum absolute atomic E-state index is 13.6. The highest BCUT2D eigenvalue weighted by atomic mass is 32.2. The van der Waals surface area contributed by atoms with Crippen molar-refractivity contribution in [1.29, 1.82) is 0 Å². The number of benzene rings is 4. The number of fused-ring (bicyclic) bond motifs is 2. The largest absolute Gasteiger partial charge is 0.326 e. The molecular weight excluding hydrogens is 502 g/mol. The van der Waals surface area contributed by atoms with Gasteiger partial charge in [-0.2, -0.15) is 0 Å². The van der Waals surface area contributed by atoms with Gasteiger partial charge in [-0.15, -0.1) is 0 Å². The van der Waals surface area contributed by atoms with E-state index in [0.717, 1.165) is 52.2 Å². The molecule has 0 radical (unpaired) electrons. The summed E-state index contributed by atoms with van der Waals surface area (Å²) in [6, 6.07) is 28.1. The normalized spacial score (nSPS) is 18.6. The zero-order valence-electron chi connectivity index (χ0n) is 21.8. The van der Waals surface area contributed by atoms with Crippen LogP contribution in [0.5, 0.6) is 0 Å². The minimum Gasteiger partial charge on any atom is -0.326 e. The molecule has 0 saturated carbocycles. The van der Waals surface area contributed by atoms with E-state index in [1.54, 1.807) is 4.90 Å². The minimum absolute atomic E-state index is 0.0379. The number of nitrogens with one attached hydrogen (secondary N) is 1. The van der Waals surface area contributed by atoms with Crippen molar-refractivity contribution in [3.8, 4) is 0 Å². The number of thioether (sulfide) groups is 1. The molecule has 4 aromatic rings. The van der Waals surface area contributed by atoms with Crippen LogP contribution in [0.3, 0.4) is 0 Å². The first-order valence-corrected chi connectivity index (χ1v) is 14.5. The zero-order valence-corrected chi connectivity index (χ0v) is 22.6. The molecule has 0 bridgehead atoms. The average Bonchev–Trinajstić information content (AvgIpc) is 3.25. The minimum atomic E-state index is -0.500. The molecule has 1 aliphatic heterocycles. The second kappa shape index (κ2) is 11.5. The Morgan fingerprint density at radius 3 is 2.56 bits per heavy atom. The number of amides is 2. The number of rotatable bonds is 7. The number of carbonyl (C=O) groups excluding carboxylic acids is 2. The van der Waals surface area contributed by atoms with Crippen molar-refractivity contribution in [2.75, 3.05) is 11.9 Å². The molecule has 0 aromatic heterocycles. The number of hydrogen-bond donors (Lipinski definition) is 1. The number of nitrogens with zero attached hydrogens (tertiary/aromatic N) is 2. The van der Waals surface area contributed by atoms with Crippen molar-refractivity contribution in [2.24, 2.45) is 4.99 Å². The van der Waals surface area contributed by atoms with Crippen LogP contribution in [0.2, 0.25) is 0 Å². The van der Waals surface area contributed by atoms with Crippen molar-refractivity contribution in [2.45, 2.75) is 43.8 Å². The molecule has 6 rings (SSSR count). The summed E-state index contributed by atoms with van der Waals surface area (Å²) in [5, 5.41) is 7.52. The molecule has 1 heterocycles. The Morgan fingerprint density at radius 2 is 1.72 bits per heavy atom. The standard InChI is InChI=1S/C33H31N3O2S/c37-31(34-27-18-17-24-11-4-5-13-26(24)21-27)22-30-32(38)36(20-19-23-9-2-1-3-10-23)33(39-30)35-29-16-8-14-25-12-6-7-15-28(25)29/h4-9,11-18,21,30H,1-3,10,19-20,22H2,(H,34,37)/t30-/m0/s1. The Labute approximate surface area is 233 Å². The van der Waals surface area contributed by atoms with E-state index in [2.05, 4.69) is 29.6 Å². The van der Waals surface area contributed by atoms with E-state index in [1.807, 2.05) is 66.7 Å². The molecule has 1 atom stereocenters. The fourth-order valence-corrected chi connectivity index (χ4v) is 6.55. The van der Waals surface area contributed by atoms with Gasteiger partial charge in [0.25, 0.3) is 0 Å². The van der Waals surface area contributed by atoms with Gasteiger partial charge in [0.15, 0.2) is 5.17 Å². The predicted molar refractivity (Wildman–Crippen MR) is 162 cm³/mol. The molecule has 0 unspecified atom stereocenters. The summed E-state index contributed by atoms with van der Waals surface area (Å²) in [7, 11) is 0. The van der Waals surface area contributed by atoms with Crippen LogP contribution in [0, 0.1) is 0 Å². The number of hydrogen-bond acceptors (Lipinski definition) is 4. The van der Waals surface area contributed by atoms with Crippen LogP contribution in [0.4, 0.5) is 11.4 Å². The summed E-state index contributed by atoms with van der Waals surface area (Å²) >= 11 is 1.40. The van der Waals surface area contributed by atoms with Gasteiger partial charge >= 0.3 is 0 Å². The van der Waals surface area contributed by atoms with Crippen LogP contribution in [-0.4, -0.2) is 33.7 Å². The Hall–Kier alpha value is -3.90. The number of carbonyl (C=O) groups is 2. The lowest BCUT2D eigenvalue weighted by Gasteiger charge is -2.19. The molecule has 6 heteroatoms. The van der Waals surface area contributed by atoms with Crippen molar-refractivity contribution in [3.63, 3.8) is 0 Å². The van der Waals surface area contributed by atoms with Crippen LogP contribution in [0.25, 0.3) is 21.5 Å². The van der Waals surface area contributed by atoms with E-state index in [-0.39, 0.29) is 18.2 Å². The zero-order chi connectivity index (χ0) is 26.6. The summed E-state index contributed by atoms with van der Waals surface area (Å²) in [6.07, 6.45) is 7.94. The van der Waals surface area contributed by atoms with E-state index in [0.29, 0.717) is 11.7 Å². The molecule has 1 fully saturated rings. The van der Waals surface area contributed by atoms with Gasteiger partial charge in [0.2, 0.25) is 11.8 Å². The summed E-state index contributed by atoms with van der Waals surface area (Å²) in [5.41, 5.74) is 2.99. The molecule has 1 N–H and O–H groups in total. The molecule has 196 valence electrons. The van der Waals surface area contributed by atoms with Crippen molar-refractivity contribution in [1.82, 2.24) is 4.90 Å². The third kappa shape index (κ3) is 5.76. The average molecular weight is 534 g/mol. The Kier molecular flexibility index (Phi) is 7.46. The molecular formula is C33H31N3O2S. The number of amidine groups is 1. The van der Waals surface area contributed by atoms with Gasteiger partial charge in [-0.05, 0) is 66.5 Å². The van der Waals surface area contributed by atoms with E-state index >= 15 is 0 Å². The topological polar surface area (TPSA) is 61.8 Å². The fraction of sp³-hybridized carbons (Fsp3) is 0.242. The highest BCUT2D eigenvalue weighted by molar-refractivity contribution is 8.15. The molecule has 4 aromatic carbocycles. The van der Waals surface area contributed by atoms with Crippen LogP contribution < -0.4 is 5.32 Å². The third-order valence-electron chi connectivity index (χ3n) is 7.45. The number of aliphatic imine (C=N–C) groups is 1. The Morgan fingerprint density at radius 1 is 0.923 bits per heavy atom. The van der Waals surface area contributed by atoms with Crippen molar-refractivity contribution in [3.05, 3.63) is 96.6 Å². The maximum Gasteiger partial charge on any atom is 0.242 e. The van der Waals surface area contributed by atoms with Crippen molar-refractivity contribution < 1.29 is 9.59 Å². The summed E-state index contributed by atoms with van der Waals surface area (Å²) in [4.78, 5) is 33.5. The van der Waals surface area contributed by atoms with E-state index in [1.165, 1.54) is 30.2 Å². The molecule has 2 aliphatic rings. The van der Waals surface area contributed by atoms with Gasteiger partial charge in [0, 0.05) is 24.0 Å². The fourth-order valence-electron chi connectivity index (χ4n) is 5.37. The first kappa shape index (κ1) is 25.4.